The number of aliphatic imine (C=N–C) groups is 1. The van der Waals surface area contributed by atoms with Gasteiger partial charge in [0, 0.05) is 13.5 Å². The van der Waals surface area contributed by atoms with Crippen LogP contribution in [0.5, 0.6) is 0 Å². The molecular weight excluding hydrogens is 206 g/mol. The fourth-order valence-corrected chi connectivity index (χ4v) is 1.93. The van der Waals surface area contributed by atoms with Crippen LogP contribution < -0.4 is 0 Å². The maximum atomic E-state index is 5.19. The first-order valence-corrected chi connectivity index (χ1v) is 4.47. The monoisotopic (exact) mass is 217 g/mol. The lowest BCUT2D eigenvalue weighted by molar-refractivity contribution is 0.273. The van der Waals surface area contributed by atoms with E-state index in [-0.39, 0.29) is 0 Å². The molecule has 0 aromatic heterocycles. The number of rotatable bonds is 1. The van der Waals surface area contributed by atoms with E-state index in [9.17, 15) is 0 Å². The summed E-state index contributed by atoms with van der Waals surface area (Å²) in [4.78, 5) is 4.16. The van der Waals surface area contributed by atoms with Gasteiger partial charge in [0.1, 0.15) is 5.76 Å². The Morgan fingerprint density at radius 3 is 2.73 bits per heavy atom. The molecule has 3 heteroatoms. The molecule has 0 saturated carbocycles. The Morgan fingerprint density at radius 2 is 2.18 bits per heavy atom. The van der Waals surface area contributed by atoms with Crippen molar-refractivity contribution in [2.75, 3.05) is 14.2 Å². The lowest BCUT2D eigenvalue weighted by Crippen LogP contribution is -2.08. The van der Waals surface area contributed by atoms with E-state index in [1.165, 1.54) is 0 Å². The molecular formula is C8H12BrNO. The van der Waals surface area contributed by atoms with Crippen molar-refractivity contribution in [1.82, 2.24) is 0 Å². The van der Waals surface area contributed by atoms with Gasteiger partial charge in [-0.1, -0.05) is 0 Å². The van der Waals surface area contributed by atoms with Crippen molar-refractivity contribution in [3.63, 3.8) is 0 Å². The highest BCUT2D eigenvalue weighted by Gasteiger charge is 2.15. The van der Waals surface area contributed by atoms with Crippen molar-refractivity contribution in [2.24, 2.45) is 4.99 Å². The second-order valence-electron chi connectivity index (χ2n) is 2.47. The first kappa shape index (κ1) is 8.78. The summed E-state index contributed by atoms with van der Waals surface area (Å²) in [7, 11) is 3.52. The molecule has 0 unspecified atom stereocenters. The third kappa shape index (κ3) is 1.83. The van der Waals surface area contributed by atoms with E-state index in [1.54, 1.807) is 7.11 Å². The van der Waals surface area contributed by atoms with Gasteiger partial charge in [0.2, 0.25) is 0 Å². The summed E-state index contributed by atoms with van der Waals surface area (Å²) in [5, 5.41) is 0. The zero-order valence-electron chi connectivity index (χ0n) is 6.85. The molecule has 0 N–H and O–H groups in total. The Hall–Kier alpha value is -0.310. The lowest BCUT2D eigenvalue weighted by atomic mass is 10.0. The van der Waals surface area contributed by atoms with Crippen LogP contribution in [0.3, 0.4) is 0 Å². The minimum Gasteiger partial charge on any atom is -0.500 e. The fraction of sp³-hybridized carbons (Fsp3) is 0.625. The molecule has 0 aromatic rings. The zero-order chi connectivity index (χ0) is 8.27. The van der Waals surface area contributed by atoms with Crippen molar-refractivity contribution < 1.29 is 4.74 Å². The molecule has 1 aliphatic rings. The van der Waals surface area contributed by atoms with Gasteiger partial charge in [0.05, 0.1) is 17.3 Å². The van der Waals surface area contributed by atoms with E-state index >= 15 is 0 Å². The van der Waals surface area contributed by atoms with Crippen LogP contribution in [0.2, 0.25) is 0 Å². The van der Waals surface area contributed by atoms with Crippen LogP contribution in [-0.4, -0.2) is 19.9 Å². The van der Waals surface area contributed by atoms with Gasteiger partial charge in [-0.3, -0.25) is 4.99 Å². The highest BCUT2D eigenvalue weighted by Crippen LogP contribution is 2.27. The second-order valence-corrected chi connectivity index (χ2v) is 3.26. The van der Waals surface area contributed by atoms with E-state index in [0.29, 0.717) is 0 Å². The first-order valence-electron chi connectivity index (χ1n) is 3.68. The highest BCUT2D eigenvalue weighted by molar-refractivity contribution is 9.12. The van der Waals surface area contributed by atoms with E-state index in [0.717, 1.165) is 35.2 Å². The van der Waals surface area contributed by atoms with Crippen molar-refractivity contribution >= 4 is 21.6 Å². The zero-order valence-corrected chi connectivity index (χ0v) is 8.44. The predicted molar refractivity (Wildman–Crippen MR) is 50.2 cm³/mol. The van der Waals surface area contributed by atoms with Gasteiger partial charge in [0.15, 0.2) is 0 Å². The Labute approximate surface area is 75.5 Å². The molecule has 11 heavy (non-hydrogen) atoms. The van der Waals surface area contributed by atoms with Crippen LogP contribution in [0, 0.1) is 0 Å². The molecule has 1 rings (SSSR count). The third-order valence-electron chi connectivity index (χ3n) is 1.83. The molecule has 0 spiro atoms. The van der Waals surface area contributed by atoms with Gasteiger partial charge in [0.25, 0.3) is 0 Å². The molecule has 1 aliphatic carbocycles. The van der Waals surface area contributed by atoms with Gasteiger partial charge >= 0.3 is 0 Å². The third-order valence-corrected chi connectivity index (χ3v) is 2.73. The molecule has 0 heterocycles. The first-order chi connectivity index (χ1) is 5.29. The summed E-state index contributed by atoms with van der Waals surface area (Å²) < 4.78 is 6.24. The molecule has 0 aromatic carbocycles. The molecule has 2 nitrogen and oxygen atoms in total. The van der Waals surface area contributed by atoms with Crippen molar-refractivity contribution in [3.05, 3.63) is 10.2 Å². The molecule has 0 fully saturated rings. The fourth-order valence-electron chi connectivity index (χ4n) is 1.20. The standard InChI is InChI=1S/C8H12BrNO/c1-10-6-4-3-5-7(11-2)8(6)9/h3-5H2,1-2H3/b10-6-. The number of hydrogen-bond donors (Lipinski definition) is 0. The second kappa shape index (κ2) is 3.90. The Balaban J connectivity index is 2.89. The molecule has 0 aliphatic heterocycles. The van der Waals surface area contributed by atoms with Crippen molar-refractivity contribution in [3.8, 4) is 0 Å². The number of nitrogens with zero attached hydrogens (tertiary/aromatic N) is 1. The average Bonchev–Trinajstić information content (AvgIpc) is 2.05. The molecule has 0 atom stereocenters. The smallest absolute Gasteiger partial charge is 0.112 e. The van der Waals surface area contributed by atoms with Crippen LogP contribution in [-0.2, 0) is 4.74 Å². The molecule has 62 valence electrons. The van der Waals surface area contributed by atoms with Crippen LogP contribution >= 0.6 is 15.9 Å². The summed E-state index contributed by atoms with van der Waals surface area (Å²) in [5.74, 6) is 1.02. The summed E-state index contributed by atoms with van der Waals surface area (Å²) in [6.07, 6.45) is 3.23. The minimum atomic E-state index is 1.02. The quantitative estimate of drug-likeness (QED) is 0.662. The van der Waals surface area contributed by atoms with Crippen molar-refractivity contribution in [2.45, 2.75) is 19.3 Å². The van der Waals surface area contributed by atoms with Gasteiger partial charge in [-0.05, 0) is 28.8 Å². The van der Waals surface area contributed by atoms with E-state index in [2.05, 4.69) is 20.9 Å². The molecule has 0 saturated heterocycles. The molecule has 0 radical (unpaired) electrons. The van der Waals surface area contributed by atoms with E-state index in [1.807, 2.05) is 7.05 Å². The minimum absolute atomic E-state index is 1.02. The van der Waals surface area contributed by atoms with Crippen LogP contribution in [0.4, 0.5) is 0 Å². The summed E-state index contributed by atoms with van der Waals surface area (Å²) in [6, 6.07) is 0. The predicted octanol–water partition coefficient (Wildman–Crippen LogP) is 2.49. The van der Waals surface area contributed by atoms with Crippen LogP contribution in [0.1, 0.15) is 19.3 Å². The van der Waals surface area contributed by atoms with Gasteiger partial charge < -0.3 is 4.74 Å². The average molecular weight is 218 g/mol. The summed E-state index contributed by atoms with van der Waals surface area (Å²) in [5.41, 5.74) is 1.12. The largest absolute Gasteiger partial charge is 0.500 e. The normalized spacial score (nSPS) is 22.6. The number of allylic oxidation sites excluding steroid dienone is 2. The Kier molecular flexibility index (Phi) is 3.12. The Morgan fingerprint density at radius 1 is 1.45 bits per heavy atom. The Bertz CT molecular complexity index is 208. The van der Waals surface area contributed by atoms with Crippen molar-refractivity contribution in [1.29, 1.82) is 0 Å². The van der Waals surface area contributed by atoms with Gasteiger partial charge in [-0.15, -0.1) is 0 Å². The highest BCUT2D eigenvalue weighted by atomic mass is 79.9. The number of hydrogen-bond acceptors (Lipinski definition) is 2. The van der Waals surface area contributed by atoms with Gasteiger partial charge in [-0.2, -0.15) is 0 Å². The van der Waals surface area contributed by atoms with E-state index in [4.69, 9.17) is 4.74 Å². The van der Waals surface area contributed by atoms with Gasteiger partial charge in [-0.25, -0.2) is 0 Å². The van der Waals surface area contributed by atoms with E-state index < -0.39 is 0 Å². The number of methoxy groups -OCH3 is 1. The number of ether oxygens (including phenoxy) is 1. The van der Waals surface area contributed by atoms with Crippen LogP contribution in [0.15, 0.2) is 15.2 Å². The number of halogens is 1. The van der Waals surface area contributed by atoms with Crippen LogP contribution in [0.25, 0.3) is 0 Å². The lowest BCUT2D eigenvalue weighted by Gasteiger charge is -2.16. The summed E-state index contributed by atoms with van der Waals surface area (Å²) in [6.45, 7) is 0. The maximum Gasteiger partial charge on any atom is 0.112 e. The SMILES string of the molecule is C/N=C1/CCCC(OC)=C1Br. The molecule has 0 amide bonds. The summed E-state index contributed by atoms with van der Waals surface area (Å²) >= 11 is 3.47. The molecule has 0 bridgehead atoms. The maximum absolute atomic E-state index is 5.19. The topological polar surface area (TPSA) is 21.6 Å².